The van der Waals surface area contributed by atoms with Crippen LogP contribution in [0.3, 0.4) is 0 Å². The number of hydrogen-bond acceptors (Lipinski definition) is 7. The molecule has 4 aromatic rings. The van der Waals surface area contributed by atoms with E-state index in [9.17, 15) is 4.79 Å². The number of benzene rings is 3. The summed E-state index contributed by atoms with van der Waals surface area (Å²) in [6.45, 7) is 3.89. The van der Waals surface area contributed by atoms with E-state index in [1.54, 1.807) is 14.2 Å². The third-order valence-corrected chi connectivity index (χ3v) is 7.96. The highest BCUT2D eigenvalue weighted by Gasteiger charge is 2.22. The average molecular weight is 559 g/mol. The molecule has 0 bridgehead atoms. The molecule has 0 aliphatic carbocycles. The number of methoxy groups -OCH3 is 2. The number of piperidine rings is 1. The summed E-state index contributed by atoms with van der Waals surface area (Å²) in [7, 11) is 3.24. The van der Waals surface area contributed by atoms with Crippen molar-refractivity contribution in [2.75, 3.05) is 33.1 Å². The Morgan fingerprint density at radius 1 is 0.900 bits per heavy atom. The van der Waals surface area contributed by atoms with E-state index in [1.165, 1.54) is 11.8 Å². The Morgan fingerprint density at radius 3 is 2.30 bits per heavy atom. The molecule has 0 unspecified atom stereocenters. The fourth-order valence-electron chi connectivity index (χ4n) is 4.70. The summed E-state index contributed by atoms with van der Waals surface area (Å²) in [5.74, 6) is 4.72. The predicted octanol–water partition coefficient (Wildman–Crippen LogP) is 6.02. The van der Waals surface area contributed by atoms with Gasteiger partial charge in [0, 0.05) is 25.2 Å². The van der Waals surface area contributed by atoms with Crippen molar-refractivity contribution < 1.29 is 19.0 Å². The van der Waals surface area contributed by atoms with E-state index >= 15 is 0 Å². The van der Waals surface area contributed by atoms with E-state index in [0.717, 1.165) is 54.5 Å². The normalized spacial score (nSPS) is 13.7. The zero-order valence-electron chi connectivity index (χ0n) is 23.1. The lowest BCUT2D eigenvalue weighted by Gasteiger charge is -2.30. The van der Waals surface area contributed by atoms with E-state index in [-0.39, 0.29) is 5.91 Å². The van der Waals surface area contributed by atoms with Gasteiger partial charge in [-0.3, -0.25) is 9.36 Å². The summed E-state index contributed by atoms with van der Waals surface area (Å²) < 4.78 is 18.9. The molecule has 5 rings (SSSR count). The SMILES string of the molecule is COc1ccc(Cc2nnc(SCC(=O)N3CCC(C)CC3)n2-c2ccc(Oc3ccccc3)cc2)cc1OC. The van der Waals surface area contributed by atoms with Crippen LogP contribution in [0.15, 0.2) is 78.0 Å². The fourth-order valence-corrected chi connectivity index (χ4v) is 5.58. The van der Waals surface area contributed by atoms with Gasteiger partial charge in [-0.25, -0.2) is 0 Å². The third kappa shape index (κ3) is 6.59. The Bertz CT molecular complexity index is 1420. The van der Waals surface area contributed by atoms with E-state index in [2.05, 4.69) is 17.1 Å². The summed E-state index contributed by atoms with van der Waals surface area (Å²) in [5.41, 5.74) is 1.90. The van der Waals surface area contributed by atoms with Crippen LogP contribution in [0.4, 0.5) is 0 Å². The minimum atomic E-state index is 0.138. The number of likely N-dealkylation sites (tertiary alicyclic amines) is 1. The van der Waals surface area contributed by atoms with Gasteiger partial charge in [-0.15, -0.1) is 10.2 Å². The minimum absolute atomic E-state index is 0.138. The van der Waals surface area contributed by atoms with Crippen LogP contribution >= 0.6 is 11.8 Å². The monoisotopic (exact) mass is 558 g/mol. The molecule has 0 atom stereocenters. The molecule has 1 fully saturated rings. The van der Waals surface area contributed by atoms with Crippen molar-refractivity contribution in [2.45, 2.75) is 31.3 Å². The topological polar surface area (TPSA) is 78.7 Å². The Balaban J connectivity index is 1.40. The van der Waals surface area contributed by atoms with Gasteiger partial charge in [-0.2, -0.15) is 0 Å². The lowest BCUT2D eigenvalue weighted by Crippen LogP contribution is -2.38. The Labute approximate surface area is 239 Å². The lowest BCUT2D eigenvalue weighted by molar-refractivity contribution is -0.129. The van der Waals surface area contributed by atoms with Gasteiger partial charge >= 0.3 is 0 Å². The highest BCUT2D eigenvalue weighted by molar-refractivity contribution is 7.99. The third-order valence-electron chi connectivity index (χ3n) is 7.05. The predicted molar refractivity (Wildman–Crippen MR) is 156 cm³/mol. The molecule has 1 amide bonds. The van der Waals surface area contributed by atoms with Crippen molar-refractivity contribution in [3.63, 3.8) is 0 Å². The summed E-state index contributed by atoms with van der Waals surface area (Å²) in [5, 5.41) is 9.71. The molecule has 0 radical (unpaired) electrons. The quantitative estimate of drug-likeness (QED) is 0.220. The largest absolute Gasteiger partial charge is 0.493 e. The van der Waals surface area contributed by atoms with Gasteiger partial charge in [0.2, 0.25) is 5.91 Å². The summed E-state index contributed by atoms with van der Waals surface area (Å²) in [4.78, 5) is 14.9. The highest BCUT2D eigenvalue weighted by atomic mass is 32.2. The minimum Gasteiger partial charge on any atom is -0.493 e. The van der Waals surface area contributed by atoms with Crippen LogP contribution in [-0.2, 0) is 11.2 Å². The van der Waals surface area contributed by atoms with Crippen LogP contribution in [0.5, 0.6) is 23.0 Å². The zero-order chi connectivity index (χ0) is 27.9. The molecular formula is C31H34N4O4S. The first-order valence-electron chi connectivity index (χ1n) is 13.4. The first-order chi connectivity index (χ1) is 19.5. The van der Waals surface area contributed by atoms with Crippen molar-refractivity contribution in [3.8, 4) is 28.7 Å². The molecule has 1 aromatic heterocycles. The van der Waals surface area contributed by atoms with Gasteiger partial charge in [0.1, 0.15) is 17.3 Å². The average Bonchev–Trinajstić information content (AvgIpc) is 3.39. The molecule has 2 heterocycles. The summed E-state index contributed by atoms with van der Waals surface area (Å²) in [6, 6.07) is 23.3. The molecule has 9 heteroatoms. The van der Waals surface area contributed by atoms with Crippen molar-refractivity contribution in [1.82, 2.24) is 19.7 Å². The second-order valence-corrected chi connectivity index (χ2v) is 10.8. The molecule has 1 aliphatic heterocycles. The Kier molecular flexibility index (Phi) is 8.91. The smallest absolute Gasteiger partial charge is 0.233 e. The maximum Gasteiger partial charge on any atom is 0.233 e. The maximum atomic E-state index is 13.0. The number of aromatic nitrogens is 3. The van der Waals surface area contributed by atoms with Gasteiger partial charge in [0.05, 0.1) is 20.0 Å². The van der Waals surface area contributed by atoms with E-state index in [4.69, 9.17) is 14.2 Å². The zero-order valence-corrected chi connectivity index (χ0v) is 23.9. The summed E-state index contributed by atoms with van der Waals surface area (Å²) >= 11 is 1.42. The van der Waals surface area contributed by atoms with Gasteiger partial charge in [0.15, 0.2) is 16.7 Å². The lowest BCUT2D eigenvalue weighted by atomic mass is 9.99. The van der Waals surface area contributed by atoms with E-state index in [0.29, 0.717) is 34.7 Å². The van der Waals surface area contributed by atoms with Gasteiger partial charge in [0.25, 0.3) is 0 Å². The van der Waals surface area contributed by atoms with Gasteiger partial charge < -0.3 is 19.1 Å². The molecule has 208 valence electrons. The highest BCUT2D eigenvalue weighted by Crippen LogP contribution is 2.31. The van der Waals surface area contributed by atoms with E-state index < -0.39 is 0 Å². The first kappa shape index (κ1) is 27.6. The van der Waals surface area contributed by atoms with E-state index in [1.807, 2.05) is 82.3 Å². The number of rotatable bonds is 10. The number of nitrogens with zero attached hydrogens (tertiary/aromatic N) is 4. The molecule has 40 heavy (non-hydrogen) atoms. The molecule has 3 aromatic carbocycles. The molecule has 0 spiro atoms. The Morgan fingerprint density at radius 2 is 1.60 bits per heavy atom. The van der Waals surface area contributed by atoms with Crippen LogP contribution in [0.25, 0.3) is 5.69 Å². The molecule has 1 saturated heterocycles. The number of hydrogen-bond donors (Lipinski definition) is 0. The first-order valence-corrected chi connectivity index (χ1v) is 14.4. The molecular weight excluding hydrogens is 524 g/mol. The van der Waals surface area contributed by atoms with Crippen LogP contribution in [0.1, 0.15) is 31.2 Å². The second-order valence-electron chi connectivity index (χ2n) is 9.86. The number of amides is 1. The number of para-hydroxylation sites is 1. The molecule has 0 N–H and O–H groups in total. The van der Waals surface area contributed by atoms with Crippen LogP contribution in [-0.4, -0.2) is 58.6 Å². The Hall–Kier alpha value is -3.98. The fraction of sp³-hybridized carbons (Fsp3) is 0.323. The van der Waals surface area contributed by atoms with Gasteiger partial charge in [-0.05, 0) is 72.9 Å². The number of thioether (sulfide) groups is 1. The standard InChI is InChI=1S/C31H34N4O4S/c1-22-15-17-34(18-16-22)30(36)21-40-31-33-32-29(20-23-9-14-27(37-2)28(19-23)38-3)35(31)24-10-12-26(13-11-24)39-25-7-5-4-6-8-25/h4-14,19,22H,15-18,20-21H2,1-3H3. The van der Waals surface area contributed by atoms with Crippen molar-refractivity contribution >= 4 is 17.7 Å². The van der Waals surface area contributed by atoms with Crippen LogP contribution in [0.2, 0.25) is 0 Å². The van der Waals surface area contributed by atoms with Gasteiger partial charge in [-0.1, -0.05) is 43.0 Å². The molecule has 8 nitrogen and oxygen atoms in total. The molecule has 1 aliphatic rings. The second kappa shape index (κ2) is 12.9. The van der Waals surface area contributed by atoms with Crippen LogP contribution in [0, 0.1) is 5.92 Å². The maximum absolute atomic E-state index is 13.0. The number of carbonyl (C=O) groups excluding carboxylic acids is 1. The van der Waals surface area contributed by atoms with Crippen LogP contribution < -0.4 is 14.2 Å². The molecule has 0 saturated carbocycles. The summed E-state index contributed by atoms with van der Waals surface area (Å²) in [6.07, 6.45) is 2.63. The van der Waals surface area contributed by atoms with Crippen molar-refractivity contribution in [2.24, 2.45) is 5.92 Å². The van der Waals surface area contributed by atoms with Crippen molar-refractivity contribution in [3.05, 3.63) is 84.2 Å². The van der Waals surface area contributed by atoms with Crippen molar-refractivity contribution in [1.29, 1.82) is 0 Å². The number of ether oxygens (including phenoxy) is 3. The number of carbonyl (C=O) groups is 1.